The van der Waals surface area contributed by atoms with Crippen molar-refractivity contribution in [2.45, 2.75) is 19.6 Å². The zero-order valence-corrected chi connectivity index (χ0v) is 15.7. The van der Waals surface area contributed by atoms with E-state index in [-0.39, 0.29) is 17.9 Å². The van der Waals surface area contributed by atoms with Crippen LogP contribution in [-0.4, -0.2) is 37.8 Å². The molecule has 2 aromatic heterocycles. The highest BCUT2D eigenvalue weighted by Gasteiger charge is 2.27. The lowest BCUT2D eigenvalue weighted by Crippen LogP contribution is -2.32. The van der Waals surface area contributed by atoms with Crippen molar-refractivity contribution in [3.05, 3.63) is 89.7 Å². The highest BCUT2D eigenvalue weighted by molar-refractivity contribution is 6.02. The van der Waals surface area contributed by atoms with Crippen molar-refractivity contribution in [2.24, 2.45) is 0 Å². The molecule has 4 rings (SSSR count). The third kappa shape index (κ3) is 3.89. The fraction of sp³-hybridized carbons (Fsp3) is 0.136. The van der Waals surface area contributed by atoms with Crippen LogP contribution in [0.2, 0.25) is 0 Å². The summed E-state index contributed by atoms with van der Waals surface area (Å²) in [6.45, 7) is 1.90. The zero-order valence-electron chi connectivity index (χ0n) is 15.7. The molecular weight excluding hydrogens is 368 g/mol. The molecule has 7 heteroatoms. The van der Waals surface area contributed by atoms with Crippen LogP contribution in [0.5, 0.6) is 0 Å². The summed E-state index contributed by atoms with van der Waals surface area (Å²) in [4.78, 5) is 29.8. The molecule has 2 aromatic carbocycles. The van der Waals surface area contributed by atoms with Gasteiger partial charge in [0.2, 0.25) is 5.78 Å². The van der Waals surface area contributed by atoms with Gasteiger partial charge in [-0.25, -0.2) is 9.48 Å². The van der Waals surface area contributed by atoms with Crippen molar-refractivity contribution >= 4 is 22.8 Å². The Morgan fingerprint density at radius 1 is 1.03 bits per heavy atom. The molecule has 0 radical (unpaired) electrons. The summed E-state index contributed by atoms with van der Waals surface area (Å²) in [5.74, 6) is -0.908. The largest absolute Gasteiger partial charge is 0.448 e. The van der Waals surface area contributed by atoms with E-state index in [1.807, 2.05) is 43.3 Å². The highest BCUT2D eigenvalue weighted by Crippen LogP contribution is 2.17. The number of hydrogen-bond donors (Lipinski definition) is 0. The lowest BCUT2D eigenvalue weighted by Gasteiger charge is -2.18. The molecule has 0 aliphatic rings. The third-order valence-corrected chi connectivity index (χ3v) is 4.61. The van der Waals surface area contributed by atoms with Crippen LogP contribution in [0.1, 0.15) is 26.3 Å². The van der Waals surface area contributed by atoms with Crippen LogP contribution in [-0.2, 0) is 11.3 Å². The number of ketones is 1. The van der Waals surface area contributed by atoms with Crippen LogP contribution in [0.4, 0.5) is 0 Å². The molecule has 0 fully saturated rings. The first-order valence-electron chi connectivity index (χ1n) is 9.12. The monoisotopic (exact) mass is 386 g/mol. The summed E-state index contributed by atoms with van der Waals surface area (Å²) in [6, 6.07) is 17.8. The smallest absolute Gasteiger partial charge is 0.340 e. The Bertz CT molecular complexity index is 1170. The molecule has 4 aromatic rings. The predicted molar refractivity (Wildman–Crippen MR) is 106 cm³/mol. The van der Waals surface area contributed by atoms with Gasteiger partial charge in [0, 0.05) is 18.0 Å². The van der Waals surface area contributed by atoms with Crippen LogP contribution in [0, 0.1) is 6.92 Å². The van der Waals surface area contributed by atoms with E-state index in [0.29, 0.717) is 11.1 Å². The molecule has 0 saturated carbocycles. The Morgan fingerprint density at radius 3 is 2.62 bits per heavy atom. The van der Waals surface area contributed by atoms with Crippen molar-refractivity contribution < 1.29 is 14.3 Å². The van der Waals surface area contributed by atoms with E-state index < -0.39 is 12.1 Å². The maximum Gasteiger partial charge on any atom is 0.340 e. The predicted octanol–water partition coefficient (Wildman–Crippen LogP) is 3.24. The lowest BCUT2D eigenvalue weighted by molar-refractivity contribution is 0.0244. The van der Waals surface area contributed by atoms with Crippen molar-refractivity contribution in [1.29, 1.82) is 0 Å². The number of para-hydroxylation sites is 1. The van der Waals surface area contributed by atoms with Crippen molar-refractivity contribution in [3.8, 4) is 0 Å². The molecule has 0 spiro atoms. The van der Waals surface area contributed by atoms with E-state index in [1.165, 1.54) is 6.20 Å². The maximum absolute atomic E-state index is 13.2. The number of carbonyl (C=O) groups excluding carboxylic acids is 2. The molecule has 0 aliphatic carbocycles. The molecule has 0 bridgehead atoms. The minimum atomic E-state index is -1.06. The molecule has 0 N–H and O–H groups in total. The number of esters is 1. The molecule has 29 heavy (non-hydrogen) atoms. The summed E-state index contributed by atoms with van der Waals surface area (Å²) in [5.41, 5.74) is 3.04. The van der Waals surface area contributed by atoms with E-state index in [0.717, 1.165) is 11.1 Å². The fourth-order valence-electron chi connectivity index (χ4n) is 3.09. The average Bonchev–Trinajstić information content (AvgIpc) is 3.16. The van der Waals surface area contributed by atoms with Gasteiger partial charge in [0.25, 0.3) is 0 Å². The van der Waals surface area contributed by atoms with Gasteiger partial charge in [-0.05, 0) is 36.8 Å². The Balaban J connectivity index is 1.67. The number of ether oxygens (including phenoxy) is 1. The maximum atomic E-state index is 13.2. The van der Waals surface area contributed by atoms with E-state index in [9.17, 15) is 9.59 Å². The van der Waals surface area contributed by atoms with Crippen LogP contribution in [0.25, 0.3) is 11.0 Å². The Kier molecular flexibility index (Phi) is 5.11. The van der Waals surface area contributed by atoms with Crippen LogP contribution in [0.3, 0.4) is 0 Å². The summed E-state index contributed by atoms with van der Waals surface area (Å²) >= 11 is 0. The normalized spacial score (nSPS) is 11.9. The van der Waals surface area contributed by atoms with Gasteiger partial charge >= 0.3 is 5.97 Å². The van der Waals surface area contributed by atoms with Gasteiger partial charge in [-0.3, -0.25) is 9.78 Å². The van der Waals surface area contributed by atoms with Gasteiger partial charge in [0.05, 0.1) is 17.6 Å². The Hall–Kier alpha value is -3.87. The number of aryl methyl sites for hydroxylation is 1. The highest BCUT2D eigenvalue weighted by atomic mass is 16.5. The van der Waals surface area contributed by atoms with E-state index in [2.05, 4.69) is 15.3 Å². The molecular formula is C22H18N4O3. The first-order valence-corrected chi connectivity index (χ1v) is 9.12. The van der Waals surface area contributed by atoms with Crippen molar-refractivity contribution in [3.63, 3.8) is 0 Å². The molecule has 1 atom stereocenters. The zero-order chi connectivity index (χ0) is 20.2. The number of nitrogens with zero attached hydrogens (tertiary/aromatic N) is 4. The number of carbonyl (C=O) groups is 2. The molecule has 1 unspecified atom stereocenters. The Morgan fingerprint density at radius 2 is 1.83 bits per heavy atom. The first-order chi connectivity index (χ1) is 14.1. The van der Waals surface area contributed by atoms with Crippen LogP contribution < -0.4 is 0 Å². The molecule has 0 aliphatic heterocycles. The summed E-state index contributed by atoms with van der Waals surface area (Å²) < 4.78 is 7.19. The molecule has 144 valence electrons. The molecule has 0 amide bonds. The second-order valence-corrected chi connectivity index (χ2v) is 6.58. The molecule has 2 heterocycles. The molecule has 7 nitrogen and oxygen atoms in total. The average molecular weight is 386 g/mol. The number of benzene rings is 2. The second-order valence-electron chi connectivity index (χ2n) is 6.58. The van der Waals surface area contributed by atoms with E-state index in [1.54, 1.807) is 35.1 Å². The number of hydrogen-bond acceptors (Lipinski definition) is 6. The topological polar surface area (TPSA) is 87.0 Å². The quantitative estimate of drug-likeness (QED) is 0.373. The number of aromatic nitrogens is 4. The van der Waals surface area contributed by atoms with Gasteiger partial charge in [-0.1, -0.05) is 41.6 Å². The SMILES string of the molecule is Cc1ccccc1C(=O)C(Cn1nnc2ccccc21)OC(=O)c1cccnc1. The van der Waals surface area contributed by atoms with E-state index in [4.69, 9.17) is 4.74 Å². The minimum Gasteiger partial charge on any atom is -0.448 e. The fourth-order valence-corrected chi connectivity index (χ4v) is 3.09. The van der Waals surface area contributed by atoms with Gasteiger partial charge in [0.15, 0.2) is 6.10 Å². The van der Waals surface area contributed by atoms with Crippen LogP contribution >= 0.6 is 0 Å². The van der Waals surface area contributed by atoms with Gasteiger partial charge < -0.3 is 4.74 Å². The number of fused-ring (bicyclic) bond motifs is 1. The summed E-state index contributed by atoms with van der Waals surface area (Å²) in [5, 5.41) is 8.23. The molecule has 0 saturated heterocycles. The summed E-state index contributed by atoms with van der Waals surface area (Å²) in [6.07, 6.45) is 1.91. The summed E-state index contributed by atoms with van der Waals surface area (Å²) in [7, 11) is 0. The minimum absolute atomic E-state index is 0.0552. The van der Waals surface area contributed by atoms with Gasteiger partial charge in [0.1, 0.15) is 5.52 Å². The lowest BCUT2D eigenvalue weighted by atomic mass is 10.0. The first kappa shape index (κ1) is 18.5. The van der Waals surface area contributed by atoms with E-state index >= 15 is 0 Å². The number of pyridine rings is 1. The third-order valence-electron chi connectivity index (χ3n) is 4.61. The Labute approximate surface area is 167 Å². The number of Topliss-reactive ketones (excluding diaryl/α,β-unsaturated/α-hetero) is 1. The van der Waals surface area contributed by atoms with Gasteiger partial charge in [-0.15, -0.1) is 5.10 Å². The van der Waals surface area contributed by atoms with Crippen molar-refractivity contribution in [1.82, 2.24) is 20.0 Å². The second kappa shape index (κ2) is 8.02. The van der Waals surface area contributed by atoms with Crippen LogP contribution in [0.15, 0.2) is 73.1 Å². The number of rotatable bonds is 6. The van der Waals surface area contributed by atoms with Crippen molar-refractivity contribution in [2.75, 3.05) is 0 Å². The van der Waals surface area contributed by atoms with Gasteiger partial charge in [-0.2, -0.15) is 0 Å². The standard InChI is InChI=1S/C22H18N4O3/c1-15-7-2-3-9-17(15)21(27)20(29-22(28)16-8-6-12-23-13-16)14-26-19-11-5-4-10-18(19)24-25-26/h2-13,20H,14H2,1H3.